The van der Waals surface area contributed by atoms with Crippen LogP contribution in [0.25, 0.3) is 0 Å². The van der Waals surface area contributed by atoms with Crippen LogP contribution in [0.3, 0.4) is 0 Å². The first kappa shape index (κ1) is 14.2. The van der Waals surface area contributed by atoms with E-state index in [-0.39, 0.29) is 31.2 Å². The van der Waals surface area contributed by atoms with Crippen LogP contribution < -0.4 is 5.32 Å². The molecule has 2 rings (SSSR count). The topological polar surface area (TPSA) is 73.2 Å². The van der Waals surface area contributed by atoms with Crippen molar-refractivity contribution in [2.45, 2.75) is 24.8 Å². The first-order valence-corrected chi connectivity index (χ1v) is 6.62. The molecule has 1 fully saturated rings. The first-order chi connectivity index (χ1) is 9.63. The molecule has 5 nitrogen and oxygen atoms in total. The predicted molar refractivity (Wildman–Crippen MR) is 73.4 cm³/mol. The number of amides is 2. The summed E-state index contributed by atoms with van der Waals surface area (Å²) in [6.07, 6.45) is 0.939. The smallest absolute Gasteiger partial charge is 0.229 e. The van der Waals surface area contributed by atoms with Crippen LogP contribution >= 0.6 is 0 Å². The van der Waals surface area contributed by atoms with Crippen molar-refractivity contribution in [3.8, 4) is 6.07 Å². The highest BCUT2D eigenvalue weighted by molar-refractivity contribution is 6.01. The minimum absolute atomic E-state index is 0.147. The van der Waals surface area contributed by atoms with E-state index in [0.29, 0.717) is 6.42 Å². The summed E-state index contributed by atoms with van der Waals surface area (Å²) in [6.45, 7) is 0.265. The Labute approximate surface area is 118 Å². The summed E-state index contributed by atoms with van der Waals surface area (Å²) in [5.74, 6) is -0.294. The van der Waals surface area contributed by atoms with Gasteiger partial charge in [-0.1, -0.05) is 30.3 Å². The molecule has 1 N–H and O–H groups in total. The fourth-order valence-electron chi connectivity index (χ4n) is 2.46. The van der Waals surface area contributed by atoms with Crippen molar-refractivity contribution in [1.29, 1.82) is 5.26 Å². The molecule has 0 bridgehead atoms. The normalized spacial score (nSPS) is 17.9. The summed E-state index contributed by atoms with van der Waals surface area (Å²) in [4.78, 5) is 24.5. The zero-order chi connectivity index (χ0) is 14.6. The molecule has 1 aliphatic rings. The maximum Gasteiger partial charge on any atom is 0.229 e. The fraction of sp³-hybridized carbons (Fsp3) is 0.400. The Morgan fingerprint density at radius 2 is 1.85 bits per heavy atom. The molecule has 1 atom stereocenters. The number of hydrogen-bond acceptors (Lipinski definition) is 4. The van der Waals surface area contributed by atoms with E-state index in [2.05, 4.69) is 11.4 Å². The number of benzene rings is 1. The van der Waals surface area contributed by atoms with Gasteiger partial charge in [0.25, 0.3) is 0 Å². The summed E-state index contributed by atoms with van der Waals surface area (Å²) in [5.41, 5.74) is -0.0474. The Morgan fingerprint density at radius 3 is 2.35 bits per heavy atom. The zero-order valence-electron chi connectivity index (χ0n) is 11.4. The number of nitrogens with zero attached hydrogens (tertiary/aromatic N) is 2. The summed E-state index contributed by atoms with van der Waals surface area (Å²) in [7, 11) is 1.71. The SMILES string of the molecule is CNC(C#N)(CCN1C(=O)CCC1=O)c1ccccc1. The number of imide groups is 1. The molecule has 0 aromatic heterocycles. The van der Waals surface area contributed by atoms with Gasteiger partial charge in [0, 0.05) is 25.8 Å². The molecule has 1 aromatic carbocycles. The molecule has 20 heavy (non-hydrogen) atoms. The van der Waals surface area contributed by atoms with E-state index >= 15 is 0 Å². The predicted octanol–water partition coefficient (Wildman–Crippen LogP) is 1.16. The molecule has 0 saturated carbocycles. The van der Waals surface area contributed by atoms with Crippen LogP contribution in [0.5, 0.6) is 0 Å². The number of rotatable bonds is 5. The van der Waals surface area contributed by atoms with Crippen LogP contribution in [0, 0.1) is 11.3 Å². The molecule has 0 aliphatic carbocycles. The van der Waals surface area contributed by atoms with Crippen molar-refractivity contribution in [3.63, 3.8) is 0 Å². The van der Waals surface area contributed by atoms with Crippen molar-refractivity contribution in [1.82, 2.24) is 10.2 Å². The van der Waals surface area contributed by atoms with Crippen molar-refractivity contribution >= 4 is 11.8 Å². The third kappa shape index (κ3) is 2.56. The molecule has 2 amide bonds. The molecule has 1 unspecified atom stereocenters. The third-order valence-electron chi connectivity index (χ3n) is 3.75. The van der Waals surface area contributed by atoms with Crippen LogP contribution in [0.1, 0.15) is 24.8 Å². The zero-order valence-corrected chi connectivity index (χ0v) is 11.4. The van der Waals surface area contributed by atoms with Crippen LogP contribution in [-0.4, -0.2) is 30.3 Å². The highest BCUT2D eigenvalue weighted by Gasteiger charge is 2.35. The van der Waals surface area contributed by atoms with Crippen molar-refractivity contribution in [2.75, 3.05) is 13.6 Å². The number of carbonyl (C=O) groups excluding carboxylic acids is 2. The van der Waals surface area contributed by atoms with Crippen LogP contribution in [0.2, 0.25) is 0 Å². The average Bonchev–Trinajstić information content (AvgIpc) is 2.81. The van der Waals surface area contributed by atoms with Crippen LogP contribution in [0.15, 0.2) is 30.3 Å². The summed E-state index contributed by atoms with van der Waals surface area (Å²) >= 11 is 0. The van der Waals surface area contributed by atoms with Crippen LogP contribution in [0.4, 0.5) is 0 Å². The van der Waals surface area contributed by atoms with Crippen LogP contribution in [-0.2, 0) is 15.1 Å². The largest absolute Gasteiger partial charge is 0.299 e. The molecule has 0 spiro atoms. The van der Waals surface area contributed by atoms with E-state index < -0.39 is 5.54 Å². The highest BCUT2D eigenvalue weighted by atomic mass is 16.2. The maximum atomic E-state index is 11.6. The highest BCUT2D eigenvalue weighted by Crippen LogP contribution is 2.25. The van der Waals surface area contributed by atoms with Gasteiger partial charge in [0.2, 0.25) is 11.8 Å². The number of nitrogens with one attached hydrogen (secondary N) is 1. The van der Waals surface area contributed by atoms with Gasteiger partial charge < -0.3 is 0 Å². The standard InChI is InChI=1S/C15H17N3O2/c1-17-15(11-16,12-5-3-2-4-6-12)9-10-18-13(19)7-8-14(18)20/h2-6,17H,7-10H2,1H3. The summed E-state index contributed by atoms with van der Waals surface area (Å²) in [6, 6.07) is 11.6. The van der Waals surface area contributed by atoms with Gasteiger partial charge in [-0.3, -0.25) is 19.8 Å². The lowest BCUT2D eigenvalue weighted by atomic mass is 9.88. The van der Waals surface area contributed by atoms with Crippen molar-refractivity contribution in [2.24, 2.45) is 0 Å². The van der Waals surface area contributed by atoms with Gasteiger partial charge >= 0.3 is 0 Å². The summed E-state index contributed by atoms with van der Waals surface area (Å²) < 4.78 is 0. The minimum atomic E-state index is -0.885. The van der Waals surface area contributed by atoms with E-state index in [1.54, 1.807) is 7.05 Å². The molecular formula is C15H17N3O2. The maximum absolute atomic E-state index is 11.6. The minimum Gasteiger partial charge on any atom is -0.299 e. The van der Waals surface area contributed by atoms with E-state index in [0.717, 1.165) is 5.56 Å². The molecule has 1 aromatic rings. The monoisotopic (exact) mass is 271 g/mol. The Hall–Kier alpha value is -2.19. The third-order valence-corrected chi connectivity index (χ3v) is 3.75. The second-order valence-corrected chi connectivity index (χ2v) is 4.82. The Balaban J connectivity index is 2.17. The Bertz CT molecular complexity index is 534. The van der Waals surface area contributed by atoms with Gasteiger partial charge in [0.1, 0.15) is 5.54 Å². The molecule has 0 radical (unpaired) electrons. The first-order valence-electron chi connectivity index (χ1n) is 6.62. The van der Waals surface area contributed by atoms with Gasteiger partial charge in [-0.2, -0.15) is 5.26 Å². The van der Waals surface area contributed by atoms with Crippen molar-refractivity contribution in [3.05, 3.63) is 35.9 Å². The van der Waals surface area contributed by atoms with Gasteiger partial charge in [-0.25, -0.2) is 0 Å². The number of likely N-dealkylation sites (tertiary alicyclic amines) is 1. The van der Waals surface area contributed by atoms with Gasteiger partial charge in [-0.15, -0.1) is 0 Å². The lowest BCUT2D eigenvalue weighted by Gasteiger charge is -2.28. The molecular weight excluding hydrogens is 254 g/mol. The van der Waals surface area contributed by atoms with Crippen molar-refractivity contribution < 1.29 is 9.59 Å². The van der Waals surface area contributed by atoms with Gasteiger partial charge in [-0.05, 0) is 12.6 Å². The molecule has 1 aliphatic heterocycles. The number of carbonyl (C=O) groups is 2. The second-order valence-electron chi connectivity index (χ2n) is 4.82. The second kappa shape index (κ2) is 5.85. The fourth-order valence-corrected chi connectivity index (χ4v) is 2.46. The van der Waals surface area contributed by atoms with Gasteiger partial charge in [0.05, 0.1) is 6.07 Å². The van der Waals surface area contributed by atoms with Gasteiger partial charge in [0.15, 0.2) is 0 Å². The van der Waals surface area contributed by atoms with E-state index in [9.17, 15) is 14.9 Å². The Kier molecular flexibility index (Phi) is 4.16. The molecule has 104 valence electrons. The Morgan fingerprint density at radius 1 is 1.25 bits per heavy atom. The summed E-state index contributed by atoms with van der Waals surface area (Å²) in [5, 5.41) is 12.6. The number of hydrogen-bond donors (Lipinski definition) is 1. The lowest BCUT2D eigenvalue weighted by molar-refractivity contribution is -0.138. The number of nitriles is 1. The molecule has 5 heteroatoms. The molecule has 1 heterocycles. The average molecular weight is 271 g/mol. The van der Waals surface area contributed by atoms with E-state index in [1.807, 2.05) is 30.3 Å². The van der Waals surface area contributed by atoms with E-state index in [1.165, 1.54) is 4.90 Å². The van der Waals surface area contributed by atoms with E-state index in [4.69, 9.17) is 0 Å². The molecule has 1 saturated heterocycles. The quantitative estimate of drug-likeness (QED) is 0.816. The lowest BCUT2D eigenvalue weighted by Crippen LogP contribution is -2.43.